The van der Waals surface area contributed by atoms with Crippen molar-refractivity contribution in [1.82, 2.24) is 4.90 Å². The minimum atomic E-state index is -0.335. The molecule has 3 rings (SSSR count). The van der Waals surface area contributed by atoms with Gasteiger partial charge in [0.15, 0.2) is 0 Å². The van der Waals surface area contributed by atoms with Crippen LogP contribution < -0.4 is 10.1 Å². The van der Waals surface area contributed by atoms with Crippen LogP contribution in [0.2, 0.25) is 0 Å². The summed E-state index contributed by atoms with van der Waals surface area (Å²) in [5.41, 5.74) is 0.650. The predicted molar refractivity (Wildman–Crippen MR) is 98.2 cm³/mol. The highest BCUT2D eigenvalue weighted by molar-refractivity contribution is 5.93. The monoisotopic (exact) mass is 354 g/mol. The standard InChI is InChI=1S/C20H22N2O4/c1-25-20(24)18-11-6-12-22(18)14-19(23)21-15-7-5-10-17(13-15)26-16-8-3-2-4-9-16/h2-5,7-10,13,18H,6,11-12,14H2,1H3,(H,21,23). The first-order chi connectivity index (χ1) is 12.7. The molecule has 0 saturated carbocycles. The topological polar surface area (TPSA) is 67.9 Å². The Balaban J connectivity index is 1.59. The summed E-state index contributed by atoms with van der Waals surface area (Å²) in [5.74, 6) is 0.919. The van der Waals surface area contributed by atoms with E-state index in [1.54, 1.807) is 12.1 Å². The van der Waals surface area contributed by atoms with Gasteiger partial charge in [0, 0.05) is 11.8 Å². The first-order valence-corrected chi connectivity index (χ1v) is 8.60. The molecule has 6 heteroatoms. The quantitative estimate of drug-likeness (QED) is 0.808. The maximum Gasteiger partial charge on any atom is 0.323 e. The van der Waals surface area contributed by atoms with E-state index in [1.807, 2.05) is 47.4 Å². The van der Waals surface area contributed by atoms with E-state index in [-0.39, 0.29) is 24.5 Å². The van der Waals surface area contributed by atoms with Crippen LogP contribution in [0.3, 0.4) is 0 Å². The lowest BCUT2D eigenvalue weighted by atomic mass is 10.2. The molecule has 0 radical (unpaired) electrons. The van der Waals surface area contributed by atoms with Gasteiger partial charge in [-0.15, -0.1) is 0 Å². The van der Waals surface area contributed by atoms with Crippen molar-refractivity contribution in [3.63, 3.8) is 0 Å². The van der Waals surface area contributed by atoms with Crippen molar-refractivity contribution >= 4 is 17.6 Å². The number of carbonyl (C=O) groups excluding carboxylic acids is 2. The third-order valence-corrected chi connectivity index (χ3v) is 4.28. The van der Waals surface area contributed by atoms with Crippen molar-refractivity contribution in [3.8, 4) is 11.5 Å². The number of nitrogens with zero attached hydrogens (tertiary/aromatic N) is 1. The van der Waals surface area contributed by atoms with Gasteiger partial charge in [0.05, 0.1) is 13.7 Å². The van der Waals surface area contributed by atoms with Crippen LogP contribution in [0, 0.1) is 0 Å². The number of hydrogen-bond donors (Lipinski definition) is 1. The van der Waals surface area contributed by atoms with E-state index in [1.165, 1.54) is 7.11 Å². The maximum atomic E-state index is 12.3. The average Bonchev–Trinajstić information content (AvgIpc) is 3.10. The smallest absolute Gasteiger partial charge is 0.323 e. The van der Waals surface area contributed by atoms with Crippen LogP contribution in [-0.4, -0.2) is 43.0 Å². The van der Waals surface area contributed by atoms with Gasteiger partial charge in [-0.1, -0.05) is 24.3 Å². The van der Waals surface area contributed by atoms with Gasteiger partial charge in [0.1, 0.15) is 17.5 Å². The number of anilines is 1. The SMILES string of the molecule is COC(=O)C1CCCN1CC(=O)Nc1cccc(Oc2ccccc2)c1. The van der Waals surface area contributed by atoms with Crippen LogP contribution in [0.4, 0.5) is 5.69 Å². The number of ether oxygens (including phenoxy) is 2. The molecule has 0 aliphatic carbocycles. The molecule has 2 aromatic rings. The molecule has 0 spiro atoms. The number of carbonyl (C=O) groups is 2. The van der Waals surface area contributed by atoms with Gasteiger partial charge in [0.2, 0.25) is 5.91 Å². The van der Waals surface area contributed by atoms with E-state index in [0.29, 0.717) is 18.0 Å². The van der Waals surface area contributed by atoms with Gasteiger partial charge in [-0.2, -0.15) is 0 Å². The number of para-hydroxylation sites is 1. The summed E-state index contributed by atoms with van der Waals surface area (Å²) in [6.07, 6.45) is 1.60. The van der Waals surface area contributed by atoms with E-state index in [0.717, 1.165) is 18.6 Å². The molecule has 1 atom stereocenters. The summed E-state index contributed by atoms with van der Waals surface area (Å²) in [5, 5.41) is 2.86. The van der Waals surface area contributed by atoms with Gasteiger partial charge < -0.3 is 14.8 Å². The number of likely N-dealkylation sites (tertiary alicyclic amines) is 1. The van der Waals surface area contributed by atoms with Crippen molar-refractivity contribution in [2.45, 2.75) is 18.9 Å². The number of benzene rings is 2. The van der Waals surface area contributed by atoms with E-state index in [9.17, 15) is 9.59 Å². The molecule has 1 heterocycles. The predicted octanol–water partition coefficient (Wildman–Crippen LogP) is 3.05. The Bertz CT molecular complexity index is 763. The molecular formula is C20H22N2O4. The largest absolute Gasteiger partial charge is 0.468 e. The number of nitrogens with one attached hydrogen (secondary N) is 1. The third-order valence-electron chi connectivity index (χ3n) is 4.28. The Labute approximate surface area is 152 Å². The highest BCUT2D eigenvalue weighted by Gasteiger charge is 2.32. The normalized spacial score (nSPS) is 16.9. The summed E-state index contributed by atoms with van der Waals surface area (Å²) in [6, 6.07) is 16.3. The van der Waals surface area contributed by atoms with E-state index in [4.69, 9.17) is 9.47 Å². The minimum Gasteiger partial charge on any atom is -0.468 e. The van der Waals surface area contributed by atoms with Crippen molar-refractivity contribution < 1.29 is 19.1 Å². The van der Waals surface area contributed by atoms with Crippen LogP contribution in [-0.2, 0) is 14.3 Å². The minimum absolute atomic E-state index is 0.156. The first-order valence-electron chi connectivity index (χ1n) is 8.60. The van der Waals surface area contributed by atoms with Gasteiger partial charge in [-0.05, 0) is 43.7 Å². The highest BCUT2D eigenvalue weighted by Crippen LogP contribution is 2.24. The molecule has 136 valence electrons. The summed E-state index contributed by atoms with van der Waals surface area (Å²) >= 11 is 0. The molecule has 1 aliphatic heterocycles. The molecule has 1 saturated heterocycles. The lowest BCUT2D eigenvalue weighted by Crippen LogP contribution is -2.41. The van der Waals surface area contributed by atoms with Gasteiger partial charge in [-0.25, -0.2) is 0 Å². The number of methoxy groups -OCH3 is 1. The van der Waals surface area contributed by atoms with Crippen molar-refractivity contribution in [2.24, 2.45) is 0 Å². The Kier molecular flexibility index (Phi) is 5.86. The zero-order valence-corrected chi connectivity index (χ0v) is 14.7. The van der Waals surface area contributed by atoms with Crippen molar-refractivity contribution in [2.75, 3.05) is 25.5 Å². The second kappa shape index (κ2) is 8.49. The lowest BCUT2D eigenvalue weighted by molar-refractivity contribution is -0.146. The zero-order chi connectivity index (χ0) is 18.4. The molecular weight excluding hydrogens is 332 g/mol. The Morgan fingerprint density at radius 3 is 2.65 bits per heavy atom. The van der Waals surface area contributed by atoms with E-state index in [2.05, 4.69) is 5.32 Å². The van der Waals surface area contributed by atoms with Crippen LogP contribution in [0.15, 0.2) is 54.6 Å². The van der Waals surface area contributed by atoms with Gasteiger partial charge >= 0.3 is 5.97 Å². The van der Waals surface area contributed by atoms with E-state index >= 15 is 0 Å². The molecule has 0 bridgehead atoms. The summed E-state index contributed by atoms with van der Waals surface area (Å²) in [6.45, 7) is 0.869. The Hall–Kier alpha value is -2.86. The first kappa shape index (κ1) is 17.9. The zero-order valence-electron chi connectivity index (χ0n) is 14.7. The van der Waals surface area contributed by atoms with Crippen molar-refractivity contribution in [1.29, 1.82) is 0 Å². The molecule has 6 nitrogen and oxygen atoms in total. The number of rotatable bonds is 6. The second-order valence-electron chi connectivity index (χ2n) is 6.14. The lowest BCUT2D eigenvalue weighted by Gasteiger charge is -2.21. The third kappa shape index (κ3) is 4.61. The Morgan fingerprint density at radius 2 is 1.88 bits per heavy atom. The molecule has 1 N–H and O–H groups in total. The molecule has 1 amide bonds. The fourth-order valence-corrected chi connectivity index (χ4v) is 3.07. The molecule has 1 aliphatic rings. The Morgan fingerprint density at radius 1 is 1.12 bits per heavy atom. The summed E-state index contributed by atoms with van der Waals surface area (Å²) in [7, 11) is 1.37. The molecule has 2 aromatic carbocycles. The summed E-state index contributed by atoms with van der Waals surface area (Å²) < 4.78 is 10.6. The molecule has 0 aromatic heterocycles. The van der Waals surface area contributed by atoms with Crippen LogP contribution >= 0.6 is 0 Å². The van der Waals surface area contributed by atoms with Crippen molar-refractivity contribution in [3.05, 3.63) is 54.6 Å². The fourth-order valence-electron chi connectivity index (χ4n) is 3.07. The molecule has 1 unspecified atom stereocenters. The van der Waals surface area contributed by atoms with Crippen LogP contribution in [0.25, 0.3) is 0 Å². The molecule has 1 fully saturated rings. The number of amides is 1. The van der Waals surface area contributed by atoms with Gasteiger partial charge in [0.25, 0.3) is 0 Å². The second-order valence-corrected chi connectivity index (χ2v) is 6.14. The summed E-state index contributed by atoms with van der Waals surface area (Å²) in [4.78, 5) is 26.0. The van der Waals surface area contributed by atoms with Crippen LogP contribution in [0.5, 0.6) is 11.5 Å². The fraction of sp³-hybridized carbons (Fsp3) is 0.300. The van der Waals surface area contributed by atoms with E-state index < -0.39 is 0 Å². The maximum absolute atomic E-state index is 12.3. The van der Waals surface area contributed by atoms with Gasteiger partial charge in [-0.3, -0.25) is 14.5 Å². The average molecular weight is 354 g/mol. The highest BCUT2D eigenvalue weighted by atomic mass is 16.5. The van der Waals surface area contributed by atoms with Crippen LogP contribution in [0.1, 0.15) is 12.8 Å². The number of hydrogen-bond acceptors (Lipinski definition) is 5. The molecule has 26 heavy (non-hydrogen) atoms. The number of esters is 1.